The lowest BCUT2D eigenvalue weighted by Gasteiger charge is -1.96. The molecule has 11 heavy (non-hydrogen) atoms. The molecule has 0 aromatic heterocycles. The fourth-order valence-electron chi connectivity index (χ4n) is 0.768. The number of benzene rings is 1. The van der Waals surface area contributed by atoms with Crippen LogP contribution in [0.5, 0.6) is 5.75 Å². The number of hydrogen-bond donors (Lipinski definition) is 1. The van der Waals surface area contributed by atoms with Crippen molar-refractivity contribution in [3.63, 3.8) is 0 Å². The van der Waals surface area contributed by atoms with Crippen molar-refractivity contribution in [1.82, 2.24) is 0 Å². The Bertz CT molecular complexity index is 283. The van der Waals surface area contributed by atoms with Gasteiger partial charge in [-0.05, 0) is 18.2 Å². The van der Waals surface area contributed by atoms with Crippen molar-refractivity contribution < 1.29 is 9.50 Å². The van der Waals surface area contributed by atoms with Gasteiger partial charge in [-0.3, -0.25) is 4.99 Å². The Morgan fingerprint density at radius 2 is 2.27 bits per heavy atom. The summed E-state index contributed by atoms with van der Waals surface area (Å²) in [6.45, 7) is 0. The van der Waals surface area contributed by atoms with Crippen molar-refractivity contribution in [2.45, 2.75) is 0 Å². The summed E-state index contributed by atoms with van der Waals surface area (Å²) in [6, 6.07) is 3.72. The number of aromatic hydroxyl groups is 1. The summed E-state index contributed by atoms with van der Waals surface area (Å²) in [4.78, 5) is 3.66. The molecule has 0 fully saturated rings. The molecule has 0 bridgehead atoms. The zero-order valence-corrected chi connectivity index (χ0v) is 6.08. The van der Waals surface area contributed by atoms with E-state index in [1.807, 2.05) is 0 Å². The van der Waals surface area contributed by atoms with Crippen molar-refractivity contribution in [3.05, 3.63) is 29.6 Å². The molecule has 0 aliphatic rings. The molecule has 1 aromatic carbocycles. The van der Waals surface area contributed by atoms with Gasteiger partial charge in [0.1, 0.15) is 11.6 Å². The van der Waals surface area contributed by atoms with Gasteiger partial charge in [0.15, 0.2) is 0 Å². The van der Waals surface area contributed by atoms with Crippen LogP contribution in [0.25, 0.3) is 0 Å². The molecule has 0 unspecified atom stereocenters. The smallest absolute Gasteiger partial charge is 0.124 e. The number of aliphatic imine (C=N–C) groups is 1. The highest BCUT2D eigenvalue weighted by Gasteiger charge is 1.98. The molecule has 3 heteroatoms. The zero-order chi connectivity index (χ0) is 8.27. The van der Waals surface area contributed by atoms with Crippen LogP contribution in [-0.4, -0.2) is 18.4 Å². The average Bonchev–Trinajstić information content (AvgIpc) is 1.98. The summed E-state index contributed by atoms with van der Waals surface area (Å²) >= 11 is 0. The molecule has 0 saturated heterocycles. The van der Waals surface area contributed by atoms with E-state index in [9.17, 15) is 4.39 Å². The number of phenols is 1. The summed E-state index contributed by atoms with van der Waals surface area (Å²) < 4.78 is 12.5. The van der Waals surface area contributed by atoms with Gasteiger partial charge < -0.3 is 5.11 Å². The third-order valence-corrected chi connectivity index (χ3v) is 1.26. The monoisotopic (exact) mass is 153 g/mol. The van der Waals surface area contributed by atoms with E-state index in [2.05, 4.69) is 4.99 Å². The first-order valence-corrected chi connectivity index (χ1v) is 3.14. The molecule has 0 aliphatic heterocycles. The van der Waals surface area contributed by atoms with Gasteiger partial charge in [-0.2, -0.15) is 0 Å². The maximum Gasteiger partial charge on any atom is 0.124 e. The van der Waals surface area contributed by atoms with Crippen molar-refractivity contribution >= 4 is 6.21 Å². The number of halogens is 1. The molecular weight excluding hydrogens is 145 g/mol. The molecule has 0 aliphatic carbocycles. The quantitative estimate of drug-likeness (QED) is 0.610. The second-order valence-corrected chi connectivity index (χ2v) is 2.09. The van der Waals surface area contributed by atoms with Gasteiger partial charge in [-0.1, -0.05) is 0 Å². The first-order chi connectivity index (χ1) is 5.24. The number of hydrogen-bond acceptors (Lipinski definition) is 2. The highest BCUT2D eigenvalue weighted by molar-refractivity contribution is 5.83. The second-order valence-electron chi connectivity index (χ2n) is 2.09. The lowest BCUT2D eigenvalue weighted by atomic mass is 10.2. The van der Waals surface area contributed by atoms with E-state index in [4.69, 9.17) is 5.11 Å². The third-order valence-electron chi connectivity index (χ3n) is 1.26. The van der Waals surface area contributed by atoms with E-state index in [-0.39, 0.29) is 11.6 Å². The van der Waals surface area contributed by atoms with Crippen LogP contribution in [0.1, 0.15) is 5.56 Å². The van der Waals surface area contributed by atoms with Crippen LogP contribution < -0.4 is 0 Å². The van der Waals surface area contributed by atoms with Gasteiger partial charge >= 0.3 is 0 Å². The first-order valence-electron chi connectivity index (χ1n) is 3.14. The number of phenolic OH excluding ortho intramolecular Hbond substituents is 1. The van der Waals surface area contributed by atoms with Crippen LogP contribution in [-0.2, 0) is 0 Å². The molecule has 58 valence electrons. The van der Waals surface area contributed by atoms with Gasteiger partial charge in [0.2, 0.25) is 0 Å². The van der Waals surface area contributed by atoms with Crippen LogP contribution in [0, 0.1) is 5.82 Å². The molecule has 2 nitrogen and oxygen atoms in total. The van der Waals surface area contributed by atoms with Crippen LogP contribution in [0.3, 0.4) is 0 Å². The van der Waals surface area contributed by atoms with Gasteiger partial charge in [0.25, 0.3) is 0 Å². The summed E-state index contributed by atoms with van der Waals surface area (Å²) in [5.41, 5.74) is 0.396. The predicted molar refractivity (Wildman–Crippen MR) is 41.6 cm³/mol. The lowest BCUT2D eigenvalue weighted by Crippen LogP contribution is -1.83. The number of rotatable bonds is 1. The highest BCUT2D eigenvalue weighted by atomic mass is 19.1. The SMILES string of the molecule is CN=Cc1cc(F)ccc1O. The Balaban J connectivity index is 3.12. The average molecular weight is 153 g/mol. The maximum absolute atomic E-state index is 12.5. The summed E-state index contributed by atoms with van der Waals surface area (Å²) in [7, 11) is 1.56. The highest BCUT2D eigenvalue weighted by Crippen LogP contribution is 2.15. The molecule has 0 amide bonds. The second kappa shape index (κ2) is 3.14. The molecular formula is C8H8FNO. The summed E-state index contributed by atoms with van der Waals surface area (Å²) in [5, 5.41) is 9.11. The Morgan fingerprint density at radius 3 is 2.91 bits per heavy atom. The normalized spacial score (nSPS) is 10.7. The molecule has 0 radical (unpaired) electrons. The zero-order valence-electron chi connectivity index (χ0n) is 6.08. The first kappa shape index (κ1) is 7.72. The third kappa shape index (κ3) is 1.77. The van der Waals surface area contributed by atoms with Crippen LogP contribution in [0.15, 0.2) is 23.2 Å². The van der Waals surface area contributed by atoms with Crippen molar-refractivity contribution in [2.24, 2.45) is 4.99 Å². The summed E-state index contributed by atoms with van der Waals surface area (Å²) in [5.74, 6) is -0.338. The Labute approximate surface area is 64.0 Å². The van der Waals surface area contributed by atoms with Crippen molar-refractivity contribution in [3.8, 4) is 5.75 Å². The van der Waals surface area contributed by atoms with Gasteiger partial charge in [0, 0.05) is 18.8 Å². The Morgan fingerprint density at radius 1 is 1.55 bits per heavy atom. The minimum Gasteiger partial charge on any atom is -0.507 e. The Kier molecular flexibility index (Phi) is 2.21. The van der Waals surface area contributed by atoms with E-state index in [1.165, 1.54) is 24.4 Å². The molecule has 0 heterocycles. The molecule has 0 saturated carbocycles. The maximum atomic E-state index is 12.5. The van der Waals surface area contributed by atoms with Crippen molar-refractivity contribution in [1.29, 1.82) is 0 Å². The largest absolute Gasteiger partial charge is 0.507 e. The lowest BCUT2D eigenvalue weighted by molar-refractivity contribution is 0.472. The van der Waals surface area contributed by atoms with Gasteiger partial charge in [-0.15, -0.1) is 0 Å². The van der Waals surface area contributed by atoms with Crippen molar-refractivity contribution in [2.75, 3.05) is 7.05 Å². The van der Waals surface area contributed by atoms with Gasteiger partial charge in [0.05, 0.1) is 0 Å². The Hall–Kier alpha value is -1.38. The van der Waals surface area contributed by atoms with Crippen LogP contribution in [0.4, 0.5) is 4.39 Å². The van der Waals surface area contributed by atoms with E-state index in [0.29, 0.717) is 5.56 Å². The van der Waals surface area contributed by atoms with Crippen LogP contribution >= 0.6 is 0 Å². The van der Waals surface area contributed by atoms with E-state index in [1.54, 1.807) is 7.05 Å². The fraction of sp³-hybridized carbons (Fsp3) is 0.125. The minimum atomic E-state index is -0.377. The summed E-state index contributed by atoms with van der Waals surface area (Å²) in [6.07, 6.45) is 1.40. The topological polar surface area (TPSA) is 32.6 Å². The molecule has 1 aromatic rings. The number of nitrogens with zero attached hydrogens (tertiary/aromatic N) is 1. The van der Waals surface area contributed by atoms with E-state index in [0.717, 1.165) is 0 Å². The van der Waals surface area contributed by atoms with E-state index >= 15 is 0 Å². The minimum absolute atomic E-state index is 0.0389. The molecule has 0 spiro atoms. The standard InChI is InChI=1S/C8H8FNO/c1-10-5-6-4-7(9)2-3-8(6)11/h2-5,11H,1H3. The van der Waals surface area contributed by atoms with Crippen LogP contribution in [0.2, 0.25) is 0 Å². The molecule has 0 atom stereocenters. The van der Waals surface area contributed by atoms with Gasteiger partial charge in [-0.25, -0.2) is 4.39 Å². The predicted octanol–water partition coefficient (Wildman–Crippen LogP) is 1.58. The molecule has 1 rings (SSSR count). The molecule has 1 N–H and O–H groups in total. The van der Waals surface area contributed by atoms with E-state index < -0.39 is 0 Å². The fourth-order valence-corrected chi connectivity index (χ4v) is 0.768.